The topological polar surface area (TPSA) is 101 Å². The van der Waals surface area contributed by atoms with Gasteiger partial charge in [-0.3, -0.25) is 9.99 Å². The highest BCUT2D eigenvalue weighted by atomic mass is 35.5. The van der Waals surface area contributed by atoms with Crippen LogP contribution in [0.3, 0.4) is 0 Å². The number of rotatable bonds is 9. The first kappa shape index (κ1) is 27.8. The molecule has 1 aliphatic carbocycles. The molecule has 0 bridgehead atoms. The van der Waals surface area contributed by atoms with Crippen LogP contribution in [0.15, 0.2) is 72.7 Å². The molecule has 0 spiro atoms. The highest BCUT2D eigenvalue weighted by Gasteiger charge is 2.40. The third kappa shape index (κ3) is 5.19. The van der Waals surface area contributed by atoms with E-state index in [-0.39, 0.29) is 11.6 Å². The minimum atomic E-state index is -1.22. The summed E-state index contributed by atoms with van der Waals surface area (Å²) < 4.78 is 29.1. The van der Waals surface area contributed by atoms with Gasteiger partial charge in [-0.25, -0.2) is 0 Å². The number of fused-ring (bicyclic) bond motifs is 1. The Labute approximate surface area is 248 Å². The van der Waals surface area contributed by atoms with Gasteiger partial charge in [0.25, 0.3) is 0 Å². The van der Waals surface area contributed by atoms with Gasteiger partial charge in [-0.15, -0.1) is 5.53 Å². The molecule has 2 aromatic heterocycles. The maximum Gasteiger partial charge on any atom is 0.220 e. The number of aromatic nitrogens is 2. The molecule has 12 heteroatoms. The third-order valence-corrected chi connectivity index (χ3v) is 8.08. The molecule has 6 rings (SSSR count). The predicted molar refractivity (Wildman–Crippen MR) is 162 cm³/mol. The summed E-state index contributed by atoms with van der Waals surface area (Å²) in [5, 5.41) is 19.9. The maximum atomic E-state index is 15.2. The van der Waals surface area contributed by atoms with Crippen molar-refractivity contribution in [2.45, 2.75) is 43.7 Å². The number of hydrazine groups is 2. The molecule has 3 heterocycles. The molecule has 2 atom stereocenters. The Morgan fingerprint density at radius 1 is 1.21 bits per heavy atom. The van der Waals surface area contributed by atoms with Crippen molar-refractivity contribution in [3.63, 3.8) is 0 Å². The molecule has 2 aromatic carbocycles. The lowest BCUT2D eigenvalue weighted by Gasteiger charge is -2.34. The summed E-state index contributed by atoms with van der Waals surface area (Å²) in [6.07, 6.45) is 6.24. The highest BCUT2D eigenvalue weighted by Crippen LogP contribution is 2.39. The molecule has 0 amide bonds. The van der Waals surface area contributed by atoms with Crippen LogP contribution in [0.1, 0.15) is 48.9 Å². The van der Waals surface area contributed by atoms with Gasteiger partial charge in [0.1, 0.15) is 13.9 Å². The molecule has 2 aliphatic rings. The van der Waals surface area contributed by atoms with Gasteiger partial charge >= 0.3 is 0 Å². The monoisotopic (exact) mass is 584 g/mol. The van der Waals surface area contributed by atoms with Crippen molar-refractivity contribution in [2.24, 2.45) is 0 Å². The fourth-order valence-corrected chi connectivity index (χ4v) is 5.61. The third-order valence-electron chi connectivity index (χ3n) is 7.79. The van der Waals surface area contributed by atoms with Crippen molar-refractivity contribution in [3.8, 4) is 6.07 Å². The van der Waals surface area contributed by atoms with Crippen LogP contribution >= 0.6 is 11.6 Å². The zero-order valence-corrected chi connectivity index (χ0v) is 23.8. The molecule has 212 valence electrons. The Balaban J connectivity index is 1.46. The highest BCUT2D eigenvalue weighted by molar-refractivity contribution is 6.36. The first-order valence-corrected chi connectivity index (χ1v) is 14.2. The van der Waals surface area contributed by atoms with Gasteiger partial charge in [-0.2, -0.15) is 19.0 Å². The normalized spacial score (nSPS) is 16.7. The average molecular weight is 585 g/mol. The number of anilines is 2. The molecule has 4 N–H and O–H groups in total. The molecule has 1 saturated carbocycles. The molecule has 8 nitrogen and oxygen atoms in total. The van der Waals surface area contributed by atoms with Gasteiger partial charge in [-0.05, 0) is 49.1 Å². The molecule has 1 fully saturated rings. The van der Waals surface area contributed by atoms with Crippen LogP contribution in [-0.4, -0.2) is 28.9 Å². The van der Waals surface area contributed by atoms with Gasteiger partial charge in [0.2, 0.25) is 11.9 Å². The van der Waals surface area contributed by atoms with Crippen molar-refractivity contribution < 1.29 is 8.78 Å². The van der Waals surface area contributed by atoms with E-state index in [1.807, 2.05) is 47.6 Å². The van der Waals surface area contributed by atoms with Crippen molar-refractivity contribution in [2.75, 3.05) is 10.6 Å². The zero-order valence-electron chi connectivity index (χ0n) is 23.0. The second-order valence-corrected chi connectivity index (χ2v) is 11.1. The van der Waals surface area contributed by atoms with Crippen LogP contribution in [0.2, 0.25) is 5.02 Å². The Hall–Kier alpha value is -4.40. The van der Waals surface area contributed by atoms with E-state index in [1.165, 1.54) is 12.3 Å². The zero-order chi connectivity index (χ0) is 29.4. The number of hydrogen-bond acceptors (Lipinski definition) is 8. The Morgan fingerprint density at radius 2 is 2.00 bits per heavy atom. The quantitative estimate of drug-likeness (QED) is 0.157. The van der Waals surface area contributed by atoms with Crippen LogP contribution in [0.4, 0.5) is 20.2 Å². The largest absolute Gasteiger partial charge is 0.377 e. The van der Waals surface area contributed by atoms with Crippen molar-refractivity contribution in [1.82, 2.24) is 25.9 Å². The summed E-state index contributed by atoms with van der Waals surface area (Å²) in [5.41, 5.74) is 8.89. The van der Waals surface area contributed by atoms with Gasteiger partial charge in [0.15, 0.2) is 0 Å². The SMILES string of the molecule is B[C@@](Nc1cc(Cl)c2ncc(C#N)c(N[C@H](CC)c3ccccc3)c2c1)(C1=CN(C2CC2)NN1)c1ccc(F)nc1F. The number of pyridine rings is 2. The van der Waals surface area contributed by atoms with E-state index in [9.17, 15) is 9.65 Å². The number of hydrogen-bond donors (Lipinski definition) is 4. The van der Waals surface area contributed by atoms with Gasteiger partial charge < -0.3 is 16.1 Å². The Kier molecular flexibility index (Phi) is 7.35. The summed E-state index contributed by atoms with van der Waals surface area (Å²) >= 11 is 6.78. The van der Waals surface area contributed by atoms with Gasteiger partial charge in [-0.1, -0.05) is 48.9 Å². The summed E-state index contributed by atoms with van der Waals surface area (Å²) in [6.45, 7) is 2.07. The summed E-state index contributed by atoms with van der Waals surface area (Å²) in [7, 11) is 1.78. The van der Waals surface area contributed by atoms with Crippen LogP contribution in [0, 0.1) is 23.2 Å². The number of nitrogens with zero attached hydrogens (tertiary/aromatic N) is 4. The first-order chi connectivity index (χ1) is 20.3. The molecule has 0 unspecified atom stereocenters. The molecule has 4 aromatic rings. The summed E-state index contributed by atoms with van der Waals surface area (Å²) in [6, 6.07) is 18.5. The molecule has 1 aliphatic heterocycles. The van der Waals surface area contributed by atoms with E-state index in [1.54, 1.807) is 13.9 Å². The van der Waals surface area contributed by atoms with E-state index >= 15 is 4.39 Å². The number of benzene rings is 2. The number of halogens is 3. The van der Waals surface area contributed by atoms with E-state index in [4.69, 9.17) is 11.6 Å². The second-order valence-electron chi connectivity index (χ2n) is 10.7. The second kappa shape index (κ2) is 11.1. The predicted octanol–water partition coefficient (Wildman–Crippen LogP) is 5.22. The lowest BCUT2D eigenvalue weighted by atomic mass is 9.69. The van der Waals surface area contributed by atoms with E-state index in [0.29, 0.717) is 44.6 Å². The van der Waals surface area contributed by atoms with Crippen LogP contribution in [0.5, 0.6) is 0 Å². The van der Waals surface area contributed by atoms with Crippen molar-refractivity contribution in [1.29, 1.82) is 5.26 Å². The summed E-state index contributed by atoms with van der Waals surface area (Å²) in [4.78, 5) is 7.93. The van der Waals surface area contributed by atoms with Crippen LogP contribution in [-0.2, 0) is 5.44 Å². The van der Waals surface area contributed by atoms with Gasteiger partial charge in [0, 0.05) is 35.1 Å². The van der Waals surface area contributed by atoms with Crippen molar-refractivity contribution >= 4 is 41.7 Å². The van der Waals surface area contributed by atoms with Crippen LogP contribution in [0.25, 0.3) is 10.9 Å². The number of nitrogens with one attached hydrogen (secondary N) is 4. The molecule has 42 heavy (non-hydrogen) atoms. The fraction of sp³-hybridized carbons (Fsp3) is 0.233. The van der Waals surface area contributed by atoms with E-state index in [2.05, 4.69) is 44.6 Å². The van der Waals surface area contributed by atoms with Crippen LogP contribution < -0.4 is 21.6 Å². The standard InChI is InChI=1S/C30H28BClF2N8/c1-2-24(17-6-4-3-5-7-17)37-27-18(14-35)15-36-28-21(27)12-19(13-23(28)32)39-30(31,22-10-11-26(33)38-29(22)34)25-16-42(41-40-25)20-8-9-20/h3-7,10-13,15-16,20,24,39-41H,2,8-9,31H2,1H3,(H,36,37)/t24-,30+/m1/s1. The molecule has 0 saturated heterocycles. The molecular weight excluding hydrogens is 557 g/mol. The minimum absolute atomic E-state index is 0.0729. The summed E-state index contributed by atoms with van der Waals surface area (Å²) in [5.74, 6) is -1.85. The maximum absolute atomic E-state index is 15.2. The lowest BCUT2D eigenvalue weighted by Crippen LogP contribution is -2.46. The lowest BCUT2D eigenvalue weighted by molar-refractivity contribution is 0.260. The first-order valence-electron chi connectivity index (χ1n) is 13.8. The smallest absolute Gasteiger partial charge is 0.220 e. The van der Waals surface area contributed by atoms with Gasteiger partial charge in [0.05, 0.1) is 39.0 Å². The Morgan fingerprint density at radius 3 is 2.69 bits per heavy atom. The minimum Gasteiger partial charge on any atom is -0.377 e. The Bertz CT molecular complexity index is 1730. The average Bonchev–Trinajstić information content (AvgIpc) is 3.71. The molecule has 0 radical (unpaired) electrons. The molecular formula is C30H28BClF2N8. The van der Waals surface area contributed by atoms with Crippen molar-refractivity contribution in [3.05, 3.63) is 106 Å². The van der Waals surface area contributed by atoms with E-state index in [0.717, 1.165) is 30.9 Å². The number of nitriles is 1. The fourth-order valence-electron chi connectivity index (χ4n) is 5.34. The van der Waals surface area contributed by atoms with E-state index < -0.39 is 17.3 Å².